The SMILES string of the molecule is Cc1ccc([C@@](C)(O)CNC(=O)N[C@@H]2CCN(c3ccccc3)C2)o1. The van der Waals surface area contributed by atoms with E-state index in [2.05, 4.69) is 27.7 Å². The first-order valence-electron chi connectivity index (χ1n) is 8.58. The number of urea groups is 1. The molecule has 1 aromatic heterocycles. The Labute approximate surface area is 147 Å². The fourth-order valence-electron chi connectivity index (χ4n) is 3.05. The summed E-state index contributed by atoms with van der Waals surface area (Å²) in [6.45, 7) is 5.22. The maximum absolute atomic E-state index is 12.1. The van der Waals surface area contributed by atoms with Gasteiger partial charge in [0.05, 0.1) is 6.54 Å². The van der Waals surface area contributed by atoms with Crippen LogP contribution >= 0.6 is 0 Å². The summed E-state index contributed by atoms with van der Waals surface area (Å²) in [6, 6.07) is 13.5. The Morgan fingerprint density at radius 1 is 1.32 bits per heavy atom. The molecular weight excluding hydrogens is 318 g/mol. The molecule has 25 heavy (non-hydrogen) atoms. The first kappa shape index (κ1) is 17.4. The highest BCUT2D eigenvalue weighted by Crippen LogP contribution is 2.22. The lowest BCUT2D eigenvalue weighted by Crippen LogP contribution is -2.47. The van der Waals surface area contributed by atoms with Crippen molar-refractivity contribution in [2.24, 2.45) is 0 Å². The van der Waals surface area contributed by atoms with Crippen molar-refractivity contribution in [2.75, 3.05) is 24.5 Å². The van der Waals surface area contributed by atoms with E-state index in [0.717, 1.165) is 25.3 Å². The van der Waals surface area contributed by atoms with Crippen molar-refractivity contribution >= 4 is 11.7 Å². The molecule has 2 heterocycles. The van der Waals surface area contributed by atoms with Crippen molar-refractivity contribution in [3.8, 4) is 0 Å². The van der Waals surface area contributed by atoms with Gasteiger partial charge in [0.1, 0.15) is 17.1 Å². The van der Waals surface area contributed by atoms with E-state index >= 15 is 0 Å². The van der Waals surface area contributed by atoms with Crippen LogP contribution in [0.3, 0.4) is 0 Å². The topological polar surface area (TPSA) is 77.7 Å². The Morgan fingerprint density at radius 3 is 2.76 bits per heavy atom. The standard InChI is InChI=1S/C19H25N3O3/c1-14-8-9-17(25-14)19(2,24)13-20-18(23)21-15-10-11-22(12-15)16-6-4-3-5-7-16/h3-9,15,24H,10-13H2,1-2H3,(H2,20,21,23)/t15-,19+/m1/s1. The summed E-state index contributed by atoms with van der Waals surface area (Å²) < 4.78 is 5.45. The van der Waals surface area contributed by atoms with Crippen molar-refractivity contribution in [1.29, 1.82) is 0 Å². The third-order valence-electron chi connectivity index (χ3n) is 4.51. The van der Waals surface area contributed by atoms with Gasteiger partial charge in [0.25, 0.3) is 0 Å². The molecular formula is C19H25N3O3. The number of rotatable bonds is 5. The lowest BCUT2D eigenvalue weighted by atomic mass is 10.0. The van der Waals surface area contributed by atoms with Gasteiger partial charge in [0.2, 0.25) is 0 Å². The van der Waals surface area contributed by atoms with E-state index in [1.807, 2.05) is 25.1 Å². The summed E-state index contributed by atoms with van der Waals surface area (Å²) >= 11 is 0. The predicted octanol–water partition coefficient (Wildman–Crippen LogP) is 2.37. The molecule has 0 radical (unpaired) electrons. The number of hydrogen-bond acceptors (Lipinski definition) is 4. The fraction of sp³-hybridized carbons (Fsp3) is 0.421. The van der Waals surface area contributed by atoms with Gasteiger partial charge in [-0.15, -0.1) is 0 Å². The van der Waals surface area contributed by atoms with Gasteiger partial charge in [-0.1, -0.05) is 18.2 Å². The molecule has 3 rings (SSSR count). The van der Waals surface area contributed by atoms with E-state index in [0.29, 0.717) is 5.76 Å². The second-order valence-corrected chi connectivity index (χ2v) is 6.78. The number of aliphatic hydroxyl groups is 1. The van der Waals surface area contributed by atoms with Gasteiger partial charge >= 0.3 is 6.03 Å². The average Bonchev–Trinajstić information content (AvgIpc) is 3.23. The predicted molar refractivity (Wildman–Crippen MR) is 96.6 cm³/mol. The molecule has 0 unspecified atom stereocenters. The molecule has 2 atom stereocenters. The first-order valence-corrected chi connectivity index (χ1v) is 8.58. The highest BCUT2D eigenvalue weighted by molar-refractivity contribution is 5.74. The zero-order chi connectivity index (χ0) is 17.9. The number of benzene rings is 1. The number of nitrogens with zero attached hydrogens (tertiary/aromatic N) is 1. The molecule has 1 aliphatic heterocycles. The van der Waals surface area contributed by atoms with Gasteiger partial charge in [-0.3, -0.25) is 0 Å². The summed E-state index contributed by atoms with van der Waals surface area (Å²) in [5.41, 5.74) is -0.0690. The highest BCUT2D eigenvalue weighted by atomic mass is 16.4. The number of amides is 2. The quantitative estimate of drug-likeness (QED) is 0.779. The number of anilines is 1. The van der Waals surface area contributed by atoms with Crippen molar-refractivity contribution in [3.63, 3.8) is 0 Å². The van der Waals surface area contributed by atoms with Crippen LogP contribution in [0.5, 0.6) is 0 Å². The minimum atomic E-state index is -1.24. The minimum Gasteiger partial charge on any atom is -0.463 e. The summed E-state index contributed by atoms with van der Waals surface area (Å²) in [4.78, 5) is 14.4. The molecule has 2 aromatic rings. The lowest BCUT2D eigenvalue weighted by molar-refractivity contribution is 0.0359. The van der Waals surface area contributed by atoms with Crippen LogP contribution in [0.4, 0.5) is 10.5 Å². The summed E-state index contributed by atoms with van der Waals surface area (Å²) in [5, 5.41) is 16.2. The van der Waals surface area contributed by atoms with Crippen LogP contribution in [0.1, 0.15) is 24.9 Å². The van der Waals surface area contributed by atoms with Crippen LogP contribution in [0.25, 0.3) is 0 Å². The molecule has 0 aliphatic carbocycles. The number of hydrogen-bond donors (Lipinski definition) is 3. The largest absolute Gasteiger partial charge is 0.463 e. The van der Waals surface area contributed by atoms with E-state index in [9.17, 15) is 9.90 Å². The summed E-state index contributed by atoms with van der Waals surface area (Å²) in [6.07, 6.45) is 0.899. The molecule has 0 spiro atoms. The number of para-hydroxylation sites is 1. The van der Waals surface area contributed by atoms with Gasteiger partial charge < -0.3 is 25.1 Å². The Hall–Kier alpha value is -2.47. The second kappa shape index (κ2) is 7.19. The van der Waals surface area contributed by atoms with Crippen molar-refractivity contribution in [2.45, 2.75) is 31.9 Å². The van der Waals surface area contributed by atoms with Gasteiger partial charge in [-0.25, -0.2) is 4.79 Å². The van der Waals surface area contributed by atoms with E-state index in [-0.39, 0.29) is 18.6 Å². The zero-order valence-electron chi connectivity index (χ0n) is 14.7. The van der Waals surface area contributed by atoms with Gasteiger partial charge in [0.15, 0.2) is 0 Å². The number of aryl methyl sites for hydroxylation is 1. The monoisotopic (exact) mass is 343 g/mol. The molecule has 1 saturated heterocycles. The maximum Gasteiger partial charge on any atom is 0.315 e. The van der Waals surface area contributed by atoms with Crippen molar-refractivity contribution in [1.82, 2.24) is 10.6 Å². The number of furan rings is 1. The molecule has 6 nitrogen and oxygen atoms in total. The van der Waals surface area contributed by atoms with Crippen LogP contribution in [0.2, 0.25) is 0 Å². The Balaban J connectivity index is 1.47. The van der Waals surface area contributed by atoms with E-state index in [4.69, 9.17) is 4.42 Å². The summed E-state index contributed by atoms with van der Waals surface area (Å²) in [5.74, 6) is 1.17. The van der Waals surface area contributed by atoms with Crippen LogP contribution in [-0.2, 0) is 5.60 Å². The van der Waals surface area contributed by atoms with E-state index < -0.39 is 5.60 Å². The van der Waals surface area contributed by atoms with Gasteiger partial charge in [-0.05, 0) is 44.5 Å². The van der Waals surface area contributed by atoms with E-state index in [1.165, 1.54) is 5.69 Å². The summed E-state index contributed by atoms with van der Waals surface area (Å²) in [7, 11) is 0. The van der Waals surface area contributed by atoms with Crippen LogP contribution in [0, 0.1) is 6.92 Å². The Morgan fingerprint density at radius 2 is 2.08 bits per heavy atom. The third-order valence-corrected chi connectivity index (χ3v) is 4.51. The molecule has 0 saturated carbocycles. The van der Waals surface area contributed by atoms with Crippen molar-refractivity contribution in [3.05, 3.63) is 54.0 Å². The Kier molecular flexibility index (Phi) is 4.99. The van der Waals surface area contributed by atoms with Gasteiger partial charge in [0, 0.05) is 24.8 Å². The fourth-order valence-corrected chi connectivity index (χ4v) is 3.05. The van der Waals surface area contributed by atoms with Gasteiger partial charge in [-0.2, -0.15) is 0 Å². The lowest BCUT2D eigenvalue weighted by Gasteiger charge is -2.22. The molecule has 0 bridgehead atoms. The molecule has 1 aliphatic rings. The van der Waals surface area contributed by atoms with Crippen LogP contribution in [-0.4, -0.2) is 36.8 Å². The molecule has 1 aromatic carbocycles. The highest BCUT2D eigenvalue weighted by Gasteiger charge is 2.29. The number of carbonyl (C=O) groups is 1. The van der Waals surface area contributed by atoms with Crippen LogP contribution < -0.4 is 15.5 Å². The smallest absolute Gasteiger partial charge is 0.315 e. The van der Waals surface area contributed by atoms with Crippen LogP contribution in [0.15, 0.2) is 46.9 Å². The molecule has 2 amide bonds. The molecule has 134 valence electrons. The average molecular weight is 343 g/mol. The zero-order valence-corrected chi connectivity index (χ0v) is 14.7. The Bertz CT molecular complexity index is 712. The normalized spacial score (nSPS) is 19.5. The molecule has 3 N–H and O–H groups in total. The van der Waals surface area contributed by atoms with Crippen molar-refractivity contribution < 1.29 is 14.3 Å². The number of nitrogens with one attached hydrogen (secondary N) is 2. The van der Waals surface area contributed by atoms with E-state index in [1.54, 1.807) is 19.1 Å². The first-order chi connectivity index (χ1) is 11.9. The second-order valence-electron chi connectivity index (χ2n) is 6.78. The third kappa shape index (κ3) is 4.33. The molecule has 6 heteroatoms. The molecule has 1 fully saturated rings. The minimum absolute atomic E-state index is 0.0842. The maximum atomic E-state index is 12.1. The number of carbonyl (C=O) groups excluding carboxylic acids is 1.